The number of hydrogen-bond acceptors (Lipinski definition) is 9. The minimum absolute atomic E-state index is 0.00704. The summed E-state index contributed by atoms with van der Waals surface area (Å²) < 4.78 is 23.8. The Balaban J connectivity index is 1.43. The first-order valence-corrected chi connectivity index (χ1v) is 13.5. The Morgan fingerprint density at radius 2 is 1.83 bits per heavy atom. The number of carbonyl (C=O) groups excluding carboxylic acids is 2. The van der Waals surface area contributed by atoms with Gasteiger partial charge in [0.1, 0.15) is 6.10 Å². The maximum absolute atomic E-state index is 14.0. The molecule has 2 aliphatic carbocycles. The van der Waals surface area contributed by atoms with Crippen LogP contribution in [0.3, 0.4) is 0 Å². The summed E-state index contributed by atoms with van der Waals surface area (Å²) in [6.07, 6.45) is 6.96. The van der Waals surface area contributed by atoms with E-state index in [0.717, 1.165) is 38.6 Å². The van der Waals surface area contributed by atoms with Gasteiger partial charge < -0.3 is 18.9 Å². The van der Waals surface area contributed by atoms with Crippen molar-refractivity contribution in [2.24, 2.45) is 11.3 Å². The quantitative estimate of drug-likeness (QED) is 0.314. The number of methoxy groups -OCH3 is 1. The van der Waals surface area contributed by atoms with Crippen LogP contribution in [0.25, 0.3) is 0 Å². The lowest BCUT2D eigenvalue weighted by molar-refractivity contribution is -0.255. The largest absolute Gasteiger partial charge is 0.489 e. The summed E-state index contributed by atoms with van der Waals surface area (Å²) in [6.45, 7) is 3.92. The first-order chi connectivity index (χ1) is 17.3. The molecule has 0 radical (unpaired) electrons. The lowest BCUT2D eigenvalue weighted by atomic mass is 9.57. The molecular formula is C26H36ClN3O6. The van der Waals surface area contributed by atoms with E-state index in [2.05, 4.69) is 21.9 Å². The summed E-state index contributed by atoms with van der Waals surface area (Å²) >= 11 is 6.42. The van der Waals surface area contributed by atoms with Crippen molar-refractivity contribution >= 4 is 23.2 Å². The van der Waals surface area contributed by atoms with Crippen molar-refractivity contribution in [3.8, 4) is 11.6 Å². The summed E-state index contributed by atoms with van der Waals surface area (Å²) in [5, 5.41) is -0.00704. The van der Waals surface area contributed by atoms with E-state index in [0.29, 0.717) is 38.9 Å². The van der Waals surface area contributed by atoms with Gasteiger partial charge in [-0.05, 0) is 59.0 Å². The monoisotopic (exact) mass is 521 g/mol. The van der Waals surface area contributed by atoms with Gasteiger partial charge in [0, 0.05) is 12.5 Å². The molecule has 0 aromatic carbocycles. The molecule has 2 saturated heterocycles. The van der Waals surface area contributed by atoms with Gasteiger partial charge in [0.15, 0.2) is 16.7 Å². The minimum Gasteiger partial charge on any atom is -0.489 e. The summed E-state index contributed by atoms with van der Waals surface area (Å²) in [5.74, 6) is -2.13. The third-order valence-corrected chi connectivity index (χ3v) is 8.93. The Labute approximate surface area is 217 Å². The van der Waals surface area contributed by atoms with Crippen molar-refractivity contribution in [2.45, 2.75) is 82.6 Å². The first kappa shape index (κ1) is 25.8. The molecule has 1 aromatic rings. The number of aromatic nitrogens is 2. The van der Waals surface area contributed by atoms with E-state index in [1.54, 1.807) is 0 Å². The molecule has 4 fully saturated rings. The Hall–Kier alpha value is -1.81. The average molecular weight is 522 g/mol. The van der Waals surface area contributed by atoms with E-state index in [1.165, 1.54) is 7.11 Å². The summed E-state index contributed by atoms with van der Waals surface area (Å²) in [7, 11) is 3.53. The number of hydrogen-bond donors (Lipinski definition) is 0. The zero-order valence-corrected chi connectivity index (χ0v) is 22.1. The van der Waals surface area contributed by atoms with Crippen molar-refractivity contribution in [3.05, 3.63) is 11.0 Å². The zero-order chi connectivity index (χ0) is 25.5. The summed E-state index contributed by atoms with van der Waals surface area (Å²) in [6, 6.07) is 0.219. The number of likely N-dealkylation sites (tertiary alicyclic amines) is 1. The summed E-state index contributed by atoms with van der Waals surface area (Å²) in [5.41, 5.74) is -0.808. The second-order valence-corrected chi connectivity index (χ2v) is 11.0. The van der Waals surface area contributed by atoms with E-state index in [1.807, 2.05) is 6.92 Å². The number of likely N-dealkylation sites (N-methyl/N-ethyl adjacent to an activating group) is 1. The van der Waals surface area contributed by atoms with Gasteiger partial charge in [0.25, 0.3) is 5.88 Å². The number of carbonyl (C=O) groups is 2. The van der Waals surface area contributed by atoms with Crippen molar-refractivity contribution in [2.75, 3.05) is 33.9 Å². The Morgan fingerprint density at radius 1 is 1.11 bits per heavy atom. The average Bonchev–Trinajstić information content (AvgIpc) is 3.52. The third kappa shape index (κ3) is 4.22. The third-order valence-electron chi connectivity index (χ3n) is 8.68. The van der Waals surface area contributed by atoms with Crippen LogP contribution >= 0.6 is 11.6 Å². The minimum atomic E-state index is -0.920. The maximum atomic E-state index is 14.0. The van der Waals surface area contributed by atoms with Gasteiger partial charge in [0.2, 0.25) is 17.4 Å². The first-order valence-electron chi connectivity index (χ1n) is 13.2. The molecule has 2 aliphatic heterocycles. The second kappa shape index (κ2) is 10.2. The van der Waals surface area contributed by atoms with E-state index in [9.17, 15) is 9.59 Å². The lowest BCUT2D eigenvalue weighted by Gasteiger charge is -2.51. The predicted octanol–water partition coefficient (Wildman–Crippen LogP) is 3.86. The highest BCUT2D eigenvalue weighted by Gasteiger charge is 2.63. The fourth-order valence-electron chi connectivity index (χ4n) is 6.87. The number of ketones is 2. The van der Waals surface area contributed by atoms with Crippen LogP contribution in [-0.2, 0) is 14.3 Å². The van der Waals surface area contributed by atoms with Crippen LogP contribution in [0, 0.1) is 11.3 Å². The number of ether oxygens (including phenoxy) is 4. The molecule has 1 aromatic heterocycles. The number of halogens is 1. The number of Topliss-reactive ketones (excluding diaryl/α,β-unsaturated/α-hetero) is 2. The number of rotatable bonds is 6. The molecule has 9 nitrogen and oxygen atoms in total. The summed E-state index contributed by atoms with van der Waals surface area (Å²) in [4.78, 5) is 38.7. The number of nitrogens with zero attached hydrogens (tertiary/aromatic N) is 3. The van der Waals surface area contributed by atoms with Gasteiger partial charge in [-0.2, -0.15) is 4.98 Å². The van der Waals surface area contributed by atoms with Crippen LogP contribution in [0.2, 0.25) is 5.15 Å². The molecule has 3 heterocycles. The topological polar surface area (TPSA) is 100 Å². The van der Waals surface area contributed by atoms with E-state index in [4.69, 9.17) is 30.5 Å². The van der Waals surface area contributed by atoms with Crippen molar-refractivity contribution in [1.82, 2.24) is 14.9 Å². The van der Waals surface area contributed by atoms with Crippen LogP contribution in [-0.4, -0.2) is 78.3 Å². The Morgan fingerprint density at radius 3 is 2.53 bits per heavy atom. The van der Waals surface area contributed by atoms with Crippen LogP contribution in [0.4, 0.5) is 0 Å². The smallest absolute Gasteiger partial charge is 0.262 e. The van der Waals surface area contributed by atoms with Crippen LogP contribution in [0.5, 0.6) is 11.6 Å². The van der Waals surface area contributed by atoms with Crippen LogP contribution in [0.1, 0.15) is 75.3 Å². The molecule has 4 atom stereocenters. The van der Waals surface area contributed by atoms with Gasteiger partial charge in [-0.25, -0.2) is 4.98 Å². The molecule has 198 valence electrons. The van der Waals surface area contributed by atoms with Gasteiger partial charge in [-0.1, -0.05) is 24.4 Å². The van der Waals surface area contributed by atoms with Crippen LogP contribution in [0.15, 0.2) is 0 Å². The molecule has 2 saturated carbocycles. The predicted molar refractivity (Wildman–Crippen MR) is 132 cm³/mol. The van der Waals surface area contributed by atoms with Gasteiger partial charge in [0.05, 0.1) is 31.7 Å². The SMILES string of the molecule is COc1c(Cl)nc(C(=O)C2CCC[C@@]3(CCCCC34OCCO4)C2=O)nc1O[C@@H](C)[C@@H]1CCCN1C. The number of fused-ring (bicyclic) bond motifs is 1. The van der Waals surface area contributed by atoms with E-state index < -0.39 is 22.9 Å². The van der Waals surface area contributed by atoms with Gasteiger partial charge in [-0.3, -0.25) is 14.5 Å². The molecule has 0 N–H and O–H groups in total. The molecule has 0 bridgehead atoms. The highest BCUT2D eigenvalue weighted by atomic mass is 35.5. The molecule has 2 spiro atoms. The molecule has 0 amide bonds. The van der Waals surface area contributed by atoms with Crippen LogP contribution < -0.4 is 9.47 Å². The van der Waals surface area contributed by atoms with E-state index >= 15 is 0 Å². The normalized spacial score (nSPS) is 31.2. The van der Waals surface area contributed by atoms with Crippen molar-refractivity contribution in [1.29, 1.82) is 0 Å². The Kier molecular flexibility index (Phi) is 7.29. The fraction of sp³-hybridized carbons (Fsp3) is 0.769. The lowest BCUT2D eigenvalue weighted by Crippen LogP contribution is -2.60. The molecule has 4 aliphatic rings. The van der Waals surface area contributed by atoms with Crippen molar-refractivity contribution in [3.63, 3.8) is 0 Å². The highest BCUT2D eigenvalue weighted by molar-refractivity contribution is 6.31. The standard InChI is InChI=1S/C26H36ClN3O6/c1-16(18-9-7-13-30(18)2)36-24-20(33-3)22(27)28-23(29-24)19(31)17-8-6-11-25(21(17)32)10-4-5-12-26(25)34-14-15-35-26/h16-18H,4-15H2,1-3H3/t16-,17?,18-,25-/m0/s1. The van der Waals surface area contributed by atoms with Gasteiger partial charge in [-0.15, -0.1) is 0 Å². The van der Waals surface area contributed by atoms with Gasteiger partial charge >= 0.3 is 0 Å². The zero-order valence-electron chi connectivity index (χ0n) is 21.4. The van der Waals surface area contributed by atoms with E-state index in [-0.39, 0.29) is 40.5 Å². The molecule has 5 rings (SSSR count). The van der Waals surface area contributed by atoms with Crippen molar-refractivity contribution < 1.29 is 28.5 Å². The highest BCUT2D eigenvalue weighted by Crippen LogP contribution is 2.56. The molecular weight excluding hydrogens is 486 g/mol. The second-order valence-electron chi connectivity index (χ2n) is 10.6. The molecule has 1 unspecified atom stereocenters. The Bertz CT molecular complexity index is 1010. The molecule has 36 heavy (non-hydrogen) atoms. The maximum Gasteiger partial charge on any atom is 0.262 e. The fourth-order valence-corrected chi connectivity index (χ4v) is 7.11. The molecule has 10 heteroatoms.